The Morgan fingerprint density at radius 1 is 1.54 bits per heavy atom. The molecule has 0 amide bonds. The molecular weight excluding hydrogens is 188 g/mol. The molecule has 0 aromatic carbocycles. The Kier molecular flexibility index (Phi) is 2.80. The summed E-state index contributed by atoms with van der Waals surface area (Å²) in [5.41, 5.74) is -0.383. The van der Waals surface area contributed by atoms with Crippen LogP contribution in [-0.4, -0.2) is 14.3 Å². The van der Waals surface area contributed by atoms with E-state index >= 15 is 0 Å². The second-order valence-electron chi connectivity index (χ2n) is 3.27. The largest absolute Gasteiger partial charge is 0.386 e. The molecule has 0 fully saturated rings. The molecule has 0 spiro atoms. The van der Waals surface area contributed by atoms with E-state index in [0.29, 0.717) is 10.5 Å². The van der Waals surface area contributed by atoms with Crippen molar-refractivity contribution in [3.8, 4) is 0 Å². The van der Waals surface area contributed by atoms with Crippen molar-refractivity contribution in [1.82, 2.24) is 4.98 Å². The van der Waals surface area contributed by atoms with Crippen LogP contribution in [0.4, 0.5) is 0 Å². The average Bonchev–Trinajstić information content (AvgIpc) is 2.03. The maximum Gasteiger partial charge on any atom is 0.123 e. The Hall–Kier alpha value is -0.780. The van der Waals surface area contributed by atoms with Crippen LogP contribution in [0.15, 0.2) is 23.4 Å². The number of nitrogens with zero attached hydrogens (tertiary/aromatic N) is 1. The van der Waals surface area contributed by atoms with Gasteiger partial charge in [-0.15, -0.1) is 0 Å². The van der Waals surface area contributed by atoms with E-state index in [1.807, 2.05) is 0 Å². The molecule has 1 heterocycles. The molecule has 1 unspecified atom stereocenters. The molecule has 13 heavy (non-hydrogen) atoms. The summed E-state index contributed by atoms with van der Waals surface area (Å²) in [5.74, 6) is 0. The topological polar surface area (TPSA) is 76.2 Å². The summed E-state index contributed by atoms with van der Waals surface area (Å²) < 4.78 is 10.9. The number of aliphatic hydroxyl groups is 1. The summed E-state index contributed by atoms with van der Waals surface area (Å²) in [4.78, 5) is 4.26. The van der Waals surface area contributed by atoms with Crippen LogP contribution in [0.2, 0.25) is 0 Å². The fourth-order valence-electron chi connectivity index (χ4n) is 0.863. The predicted molar refractivity (Wildman–Crippen MR) is 50.1 cm³/mol. The van der Waals surface area contributed by atoms with Crippen molar-refractivity contribution in [2.75, 3.05) is 0 Å². The molecule has 1 rings (SSSR count). The smallest absolute Gasteiger partial charge is 0.123 e. The number of aromatic nitrogens is 1. The van der Waals surface area contributed by atoms with Gasteiger partial charge in [-0.1, -0.05) is 0 Å². The lowest BCUT2D eigenvalue weighted by Crippen LogP contribution is -2.16. The van der Waals surface area contributed by atoms with Crippen molar-refractivity contribution in [1.29, 1.82) is 0 Å². The van der Waals surface area contributed by atoms with Gasteiger partial charge in [-0.25, -0.2) is 9.35 Å². The molecule has 0 aliphatic heterocycles. The molecule has 1 atom stereocenters. The number of pyridine rings is 1. The van der Waals surface area contributed by atoms with Crippen LogP contribution >= 0.6 is 0 Å². The molecule has 0 aliphatic carbocycles. The molecule has 4 nitrogen and oxygen atoms in total. The van der Waals surface area contributed by atoms with Crippen LogP contribution in [0.3, 0.4) is 0 Å². The maximum absolute atomic E-state index is 10.9. The van der Waals surface area contributed by atoms with Gasteiger partial charge in [0.25, 0.3) is 0 Å². The number of rotatable bonds is 2. The highest BCUT2D eigenvalue weighted by Gasteiger charge is 2.17. The molecule has 0 saturated carbocycles. The van der Waals surface area contributed by atoms with E-state index in [1.54, 1.807) is 19.9 Å². The van der Waals surface area contributed by atoms with Crippen molar-refractivity contribution in [3.05, 3.63) is 24.0 Å². The van der Waals surface area contributed by atoms with Gasteiger partial charge < -0.3 is 5.11 Å². The fourth-order valence-corrected chi connectivity index (χ4v) is 1.27. The summed E-state index contributed by atoms with van der Waals surface area (Å²) in [6.07, 6.45) is 2.95. The van der Waals surface area contributed by atoms with Gasteiger partial charge in [0.15, 0.2) is 0 Å². The fraction of sp³-hybridized carbons (Fsp3) is 0.375. The first-order chi connectivity index (χ1) is 5.91. The summed E-state index contributed by atoms with van der Waals surface area (Å²) >= 11 is 0. The normalized spacial score (nSPS) is 14.2. The highest BCUT2D eigenvalue weighted by Crippen LogP contribution is 2.19. The Bertz CT molecular complexity index is 333. The van der Waals surface area contributed by atoms with Gasteiger partial charge in [0.1, 0.15) is 11.0 Å². The zero-order chi connectivity index (χ0) is 10.1. The number of nitrogens with two attached hydrogens (primary N) is 1. The first kappa shape index (κ1) is 10.3. The Morgan fingerprint density at radius 3 is 2.62 bits per heavy atom. The average molecular weight is 200 g/mol. The van der Waals surface area contributed by atoms with Crippen molar-refractivity contribution in [2.24, 2.45) is 5.14 Å². The van der Waals surface area contributed by atoms with E-state index in [0.717, 1.165) is 0 Å². The minimum absolute atomic E-state index is 0.416. The monoisotopic (exact) mass is 200 g/mol. The molecule has 72 valence electrons. The Balaban J connectivity index is 3.13. The van der Waals surface area contributed by atoms with Gasteiger partial charge in [0.05, 0.1) is 10.5 Å². The van der Waals surface area contributed by atoms with Crippen LogP contribution < -0.4 is 5.14 Å². The first-order valence-electron chi connectivity index (χ1n) is 3.75. The lowest BCUT2D eigenvalue weighted by Gasteiger charge is -2.17. The van der Waals surface area contributed by atoms with E-state index < -0.39 is 16.6 Å². The number of hydrogen-bond donors (Lipinski definition) is 2. The van der Waals surface area contributed by atoms with E-state index in [-0.39, 0.29) is 0 Å². The van der Waals surface area contributed by atoms with Gasteiger partial charge >= 0.3 is 0 Å². The predicted octanol–water partition coefficient (Wildman–Crippen LogP) is 0.290. The van der Waals surface area contributed by atoms with Crippen LogP contribution in [0, 0.1) is 0 Å². The van der Waals surface area contributed by atoms with Gasteiger partial charge in [0, 0.05) is 18.0 Å². The highest BCUT2D eigenvalue weighted by atomic mass is 32.2. The minimum atomic E-state index is -1.55. The molecule has 1 aromatic heterocycles. The Labute approximate surface area is 79.4 Å². The van der Waals surface area contributed by atoms with Gasteiger partial charge in [0.2, 0.25) is 0 Å². The van der Waals surface area contributed by atoms with Crippen molar-refractivity contribution in [3.63, 3.8) is 0 Å². The van der Waals surface area contributed by atoms with Crippen molar-refractivity contribution in [2.45, 2.75) is 24.3 Å². The molecule has 5 heteroatoms. The van der Waals surface area contributed by atoms with Crippen LogP contribution in [0.25, 0.3) is 0 Å². The third-order valence-corrected chi connectivity index (χ3v) is 2.34. The lowest BCUT2D eigenvalue weighted by molar-refractivity contribution is 0.0780. The van der Waals surface area contributed by atoms with E-state index in [1.165, 1.54) is 12.4 Å². The third kappa shape index (κ3) is 2.58. The van der Waals surface area contributed by atoms with Crippen LogP contribution in [0.5, 0.6) is 0 Å². The highest BCUT2D eigenvalue weighted by molar-refractivity contribution is 7.82. The van der Waals surface area contributed by atoms with Crippen molar-refractivity contribution < 1.29 is 9.32 Å². The van der Waals surface area contributed by atoms with Crippen molar-refractivity contribution >= 4 is 11.0 Å². The quantitative estimate of drug-likeness (QED) is 0.720. The molecular formula is C8H12N2O2S. The minimum Gasteiger partial charge on any atom is -0.386 e. The zero-order valence-corrected chi connectivity index (χ0v) is 8.34. The van der Waals surface area contributed by atoms with Crippen LogP contribution in [0.1, 0.15) is 19.4 Å². The molecule has 0 bridgehead atoms. The van der Waals surface area contributed by atoms with Gasteiger partial charge in [-0.05, 0) is 19.9 Å². The summed E-state index contributed by atoms with van der Waals surface area (Å²) in [5, 5.41) is 14.8. The molecule has 0 radical (unpaired) electrons. The standard InChI is InChI=1S/C8H12N2O2S/c1-8(2,11)6-3-7(13(9)12)5-10-4-6/h3-5,11H,9H2,1-2H3. The summed E-state index contributed by atoms with van der Waals surface area (Å²) in [6.45, 7) is 3.26. The second kappa shape index (κ2) is 3.53. The van der Waals surface area contributed by atoms with E-state index in [9.17, 15) is 9.32 Å². The Morgan fingerprint density at radius 2 is 2.15 bits per heavy atom. The molecule has 0 saturated heterocycles. The van der Waals surface area contributed by atoms with E-state index in [2.05, 4.69) is 4.98 Å². The molecule has 1 aromatic rings. The second-order valence-corrected chi connectivity index (χ2v) is 4.33. The molecule has 0 aliphatic rings. The zero-order valence-electron chi connectivity index (χ0n) is 7.52. The number of hydrogen-bond acceptors (Lipinski definition) is 3. The summed E-state index contributed by atoms with van der Waals surface area (Å²) in [6, 6.07) is 1.59. The summed E-state index contributed by atoms with van der Waals surface area (Å²) in [7, 11) is -1.55. The third-order valence-electron chi connectivity index (χ3n) is 1.65. The van der Waals surface area contributed by atoms with Gasteiger partial charge in [-0.3, -0.25) is 4.98 Å². The maximum atomic E-state index is 10.9. The molecule has 3 N–H and O–H groups in total. The van der Waals surface area contributed by atoms with E-state index in [4.69, 9.17) is 5.14 Å². The lowest BCUT2D eigenvalue weighted by atomic mass is 10.0. The van der Waals surface area contributed by atoms with Crippen LogP contribution in [-0.2, 0) is 16.6 Å². The first-order valence-corrected chi connectivity index (χ1v) is 4.96. The van der Waals surface area contributed by atoms with Gasteiger partial charge in [-0.2, -0.15) is 0 Å². The SMILES string of the molecule is CC(C)(O)c1cncc(S(N)=O)c1.